The van der Waals surface area contributed by atoms with Crippen LogP contribution in [0, 0.1) is 6.92 Å². The summed E-state index contributed by atoms with van der Waals surface area (Å²) < 4.78 is 5.21. The van der Waals surface area contributed by atoms with Crippen molar-refractivity contribution in [2.45, 2.75) is 20.8 Å². The van der Waals surface area contributed by atoms with Crippen LogP contribution in [0.25, 0.3) is 0 Å². The van der Waals surface area contributed by atoms with Crippen LogP contribution in [0.4, 0.5) is 11.4 Å². The number of hydrogen-bond donors (Lipinski definition) is 1. The van der Waals surface area contributed by atoms with Gasteiger partial charge in [0.05, 0.1) is 24.2 Å². The van der Waals surface area contributed by atoms with Gasteiger partial charge in [-0.3, -0.25) is 4.79 Å². The molecule has 0 radical (unpaired) electrons. The average Bonchev–Trinajstić information content (AvgIpc) is 2.39. The van der Waals surface area contributed by atoms with E-state index in [0.717, 1.165) is 17.0 Å². The molecular formula is C16H18N2O2. The van der Waals surface area contributed by atoms with Crippen LogP contribution in [0.3, 0.4) is 0 Å². The zero-order chi connectivity index (χ0) is 14.9. The Morgan fingerprint density at radius 3 is 2.25 bits per heavy atom. The summed E-state index contributed by atoms with van der Waals surface area (Å²) in [5, 5.41) is 0. The molecule has 1 aliphatic rings. The van der Waals surface area contributed by atoms with E-state index in [-0.39, 0.29) is 5.78 Å². The Hall–Kier alpha value is -2.36. The van der Waals surface area contributed by atoms with Crippen LogP contribution in [-0.2, 0) is 4.79 Å². The van der Waals surface area contributed by atoms with Crippen LogP contribution in [0.2, 0.25) is 0 Å². The number of anilines is 1. The van der Waals surface area contributed by atoms with E-state index in [2.05, 4.69) is 4.99 Å². The van der Waals surface area contributed by atoms with Gasteiger partial charge in [0.2, 0.25) is 0 Å². The molecule has 0 amide bonds. The average molecular weight is 270 g/mol. The molecule has 4 heteroatoms. The number of nitrogens with two attached hydrogens (primary N) is 1. The number of carbonyl (C=O) groups is 1. The standard InChI is InChI=1S/C16H18N2O2/c1-9-7-13(17)15(20-4)8-14(9)18-12-5-10(2)16(19)11(3)6-12/h5-8H,17H2,1-4H3. The van der Waals surface area contributed by atoms with Crippen molar-refractivity contribution in [3.8, 4) is 5.75 Å². The van der Waals surface area contributed by atoms with Gasteiger partial charge in [0, 0.05) is 6.07 Å². The van der Waals surface area contributed by atoms with E-state index >= 15 is 0 Å². The van der Waals surface area contributed by atoms with E-state index in [1.54, 1.807) is 39.2 Å². The van der Waals surface area contributed by atoms with E-state index in [0.29, 0.717) is 22.6 Å². The molecule has 0 aromatic heterocycles. The third kappa shape index (κ3) is 2.64. The number of nitrogen functional groups attached to an aromatic ring is 1. The maximum absolute atomic E-state index is 11.7. The minimum absolute atomic E-state index is 0.0653. The molecule has 4 nitrogen and oxygen atoms in total. The highest BCUT2D eigenvalue weighted by atomic mass is 16.5. The van der Waals surface area contributed by atoms with E-state index in [4.69, 9.17) is 10.5 Å². The Balaban J connectivity index is 2.49. The minimum Gasteiger partial charge on any atom is -0.495 e. The van der Waals surface area contributed by atoms with Crippen LogP contribution < -0.4 is 10.5 Å². The molecule has 0 unspecified atom stereocenters. The maximum Gasteiger partial charge on any atom is 0.184 e. The molecule has 0 fully saturated rings. The highest BCUT2D eigenvalue weighted by molar-refractivity contribution is 6.21. The molecule has 20 heavy (non-hydrogen) atoms. The third-order valence-corrected chi connectivity index (χ3v) is 3.24. The molecule has 0 spiro atoms. The van der Waals surface area contributed by atoms with Gasteiger partial charge in [-0.05, 0) is 55.7 Å². The van der Waals surface area contributed by atoms with Gasteiger partial charge in [-0.25, -0.2) is 4.99 Å². The number of ether oxygens (including phenoxy) is 1. The number of nitrogens with zero attached hydrogens (tertiary/aromatic N) is 1. The number of allylic oxidation sites excluding steroid dienone is 4. The van der Waals surface area contributed by atoms with Crippen molar-refractivity contribution in [2.75, 3.05) is 12.8 Å². The second kappa shape index (κ2) is 5.33. The highest BCUT2D eigenvalue weighted by Crippen LogP contribution is 2.31. The fourth-order valence-electron chi connectivity index (χ4n) is 2.13. The van der Waals surface area contributed by atoms with Crippen molar-refractivity contribution in [3.05, 3.63) is 41.0 Å². The molecule has 0 atom stereocenters. The quantitative estimate of drug-likeness (QED) is 0.663. The fraction of sp³-hybridized carbons (Fsp3) is 0.250. The van der Waals surface area contributed by atoms with E-state index in [1.807, 2.05) is 13.0 Å². The van der Waals surface area contributed by atoms with Gasteiger partial charge in [0.1, 0.15) is 5.75 Å². The second-order valence-corrected chi connectivity index (χ2v) is 4.90. The van der Waals surface area contributed by atoms with Crippen molar-refractivity contribution in [1.82, 2.24) is 0 Å². The second-order valence-electron chi connectivity index (χ2n) is 4.90. The normalized spacial score (nSPS) is 14.8. The van der Waals surface area contributed by atoms with Gasteiger partial charge in [-0.1, -0.05) is 0 Å². The largest absolute Gasteiger partial charge is 0.495 e. The monoisotopic (exact) mass is 270 g/mol. The van der Waals surface area contributed by atoms with Crippen LogP contribution in [0.15, 0.2) is 40.4 Å². The summed E-state index contributed by atoms with van der Waals surface area (Å²) in [4.78, 5) is 16.3. The Morgan fingerprint density at radius 1 is 1.10 bits per heavy atom. The van der Waals surface area contributed by atoms with Gasteiger partial charge in [-0.15, -0.1) is 0 Å². The molecule has 2 rings (SSSR count). The lowest BCUT2D eigenvalue weighted by Gasteiger charge is -2.11. The number of hydrogen-bond acceptors (Lipinski definition) is 4. The van der Waals surface area contributed by atoms with Gasteiger partial charge in [0.15, 0.2) is 5.78 Å². The number of ketones is 1. The summed E-state index contributed by atoms with van der Waals surface area (Å²) in [7, 11) is 1.57. The number of benzene rings is 1. The molecule has 0 saturated carbocycles. The van der Waals surface area contributed by atoms with E-state index in [9.17, 15) is 4.79 Å². The molecule has 0 aliphatic heterocycles. The summed E-state index contributed by atoms with van der Waals surface area (Å²) in [6.07, 6.45) is 3.58. The summed E-state index contributed by atoms with van der Waals surface area (Å²) in [5.41, 5.74) is 10.3. The first kappa shape index (κ1) is 14.1. The topological polar surface area (TPSA) is 64.7 Å². The zero-order valence-corrected chi connectivity index (χ0v) is 12.2. The van der Waals surface area contributed by atoms with Crippen molar-refractivity contribution in [2.24, 2.45) is 4.99 Å². The predicted octanol–water partition coefficient (Wildman–Crippen LogP) is 3.13. The lowest BCUT2D eigenvalue weighted by molar-refractivity contribution is -0.112. The van der Waals surface area contributed by atoms with Crippen molar-refractivity contribution in [3.63, 3.8) is 0 Å². The maximum atomic E-state index is 11.7. The molecule has 1 aromatic carbocycles. The minimum atomic E-state index is 0.0653. The molecule has 0 saturated heterocycles. The number of aliphatic imine (C=N–C) groups is 1. The molecule has 1 aliphatic carbocycles. The number of Topliss-reactive ketones (excluding diaryl/α,β-unsaturated/α-hetero) is 1. The van der Waals surface area contributed by atoms with Crippen LogP contribution in [0.5, 0.6) is 5.75 Å². The van der Waals surface area contributed by atoms with Gasteiger partial charge >= 0.3 is 0 Å². The molecular weight excluding hydrogens is 252 g/mol. The molecule has 0 heterocycles. The Morgan fingerprint density at radius 2 is 1.70 bits per heavy atom. The van der Waals surface area contributed by atoms with Gasteiger partial charge in [-0.2, -0.15) is 0 Å². The summed E-state index contributed by atoms with van der Waals surface area (Å²) in [6, 6.07) is 3.64. The number of carbonyl (C=O) groups excluding carboxylic acids is 1. The summed E-state index contributed by atoms with van der Waals surface area (Å²) >= 11 is 0. The van der Waals surface area contributed by atoms with E-state index in [1.165, 1.54) is 0 Å². The van der Waals surface area contributed by atoms with Gasteiger partial charge in [0.25, 0.3) is 0 Å². The Kier molecular flexibility index (Phi) is 3.74. The Bertz CT molecular complexity index is 643. The molecule has 2 N–H and O–H groups in total. The first-order valence-corrected chi connectivity index (χ1v) is 6.36. The summed E-state index contributed by atoms with van der Waals surface area (Å²) in [5.74, 6) is 0.666. The molecule has 104 valence electrons. The predicted molar refractivity (Wildman–Crippen MR) is 81.8 cm³/mol. The lowest BCUT2D eigenvalue weighted by Crippen LogP contribution is -2.10. The summed E-state index contributed by atoms with van der Waals surface area (Å²) in [6.45, 7) is 5.53. The third-order valence-electron chi connectivity index (χ3n) is 3.24. The highest BCUT2D eigenvalue weighted by Gasteiger charge is 2.14. The Labute approximate surface area is 118 Å². The first-order valence-electron chi connectivity index (χ1n) is 6.36. The molecule has 0 bridgehead atoms. The zero-order valence-electron chi connectivity index (χ0n) is 12.2. The van der Waals surface area contributed by atoms with Gasteiger partial charge < -0.3 is 10.5 Å². The van der Waals surface area contributed by atoms with Crippen molar-refractivity contribution < 1.29 is 9.53 Å². The number of methoxy groups -OCH3 is 1. The van der Waals surface area contributed by atoms with Crippen LogP contribution in [0.1, 0.15) is 19.4 Å². The van der Waals surface area contributed by atoms with Crippen LogP contribution >= 0.6 is 0 Å². The SMILES string of the molecule is COc1cc(N=C2C=C(C)C(=O)C(C)=C2)c(C)cc1N. The first-order chi connectivity index (χ1) is 9.42. The number of rotatable bonds is 2. The van der Waals surface area contributed by atoms with Crippen molar-refractivity contribution >= 4 is 22.9 Å². The fourth-order valence-corrected chi connectivity index (χ4v) is 2.13. The van der Waals surface area contributed by atoms with Crippen LogP contribution in [-0.4, -0.2) is 18.6 Å². The lowest BCUT2D eigenvalue weighted by atomic mass is 9.98. The smallest absolute Gasteiger partial charge is 0.184 e. The number of aryl methyl sites for hydroxylation is 1. The molecule has 1 aromatic rings. The van der Waals surface area contributed by atoms with Crippen molar-refractivity contribution in [1.29, 1.82) is 0 Å². The van der Waals surface area contributed by atoms with E-state index < -0.39 is 0 Å².